The van der Waals surface area contributed by atoms with Gasteiger partial charge in [-0.3, -0.25) is 0 Å². The smallest absolute Gasteiger partial charge is 0.248 e. The lowest BCUT2D eigenvalue weighted by Gasteiger charge is -2.24. The minimum Gasteiger partial charge on any atom is -0.494 e. The third-order valence-electron chi connectivity index (χ3n) is 4.68. The van der Waals surface area contributed by atoms with E-state index >= 15 is 0 Å². The zero-order chi connectivity index (χ0) is 18.1. The fourth-order valence-electron chi connectivity index (χ4n) is 3.10. The van der Waals surface area contributed by atoms with E-state index in [0.717, 1.165) is 22.6 Å². The number of benzene rings is 2. The first kappa shape index (κ1) is 16.3. The second-order valence-electron chi connectivity index (χ2n) is 6.40. The van der Waals surface area contributed by atoms with Crippen molar-refractivity contribution in [2.45, 2.75) is 26.8 Å². The summed E-state index contributed by atoms with van der Waals surface area (Å²) in [5.74, 6) is 1.50. The van der Waals surface area contributed by atoms with Gasteiger partial charge in [-0.2, -0.15) is 4.68 Å². The lowest BCUT2D eigenvalue weighted by atomic mass is 9.99. The molecule has 1 aliphatic heterocycles. The first-order chi connectivity index (χ1) is 12.7. The molecule has 132 valence electrons. The number of hydrogen-bond donors (Lipinski definition) is 1. The summed E-state index contributed by atoms with van der Waals surface area (Å²) in [7, 11) is 0. The van der Waals surface area contributed by atoms with E-state index in [0.29, 0.717) is 12.6 Å². The molecule has 2 heterocycles. The molecule has 2 aromatic carbocycles. The van der Waals surface area contributed by atoms with Crippen molar-refractivity contribution in [1.29, 1.82) is 0 Å². The van der Waals surface area contributed by atoms with Crippen LogP contribution in [0, 0.1) is 13.8 Å². The highest BCUT2D eigenvalue weighted by molar-refractivity contribution is 5.77. The van der Waals surface area contributed by atoms with Crippen LogP contribution in [0.15, 0.2) is 48.5 Å². The Morgan fingerprint density at radius 1 is 1.08 bits per heavy atom. The molecule has 4 rings (SSSR count). The third kappa shape index (κ3) is 2.94. The zero-order valence-electron chi connectivity index (χ0n) is 15.1. The van der Waals surface area contributed by atoms with Crippen LogP contribution in [-0.4, -0.2) is 26.8 Å². The molecular weight excluding hydrogens is 326 g/mol. The van der Waals surface area contributed by atoms with Gasteiger partial charge in [-0.05, 0) is 77.7 Å². The van der Waals surface area contributed by atoms with E-state index in [-0.39, 0.29) is 6.04 Å². The van der Waals surface area contributed by atoms with Gasteiger partial charge in [0.2, 0.25) is 5.95 Å². The Morgan fingerprint density at radius 3 is 2.62 bits per heavy atom. The lowest BCUT2D eigenvalue weighted by Crippen LogP contribution is -2.20. The Balaban J connectivity index is 1.74. The summed E-state index contributed by atoms with van der Waals surface area (Å²) in [5, 5.41) is 15.4. The summed E-state index contributed by atoms with van der Waals surface area (Å²) in [5.41, 5.74) is 5.77. The average molecular weight is 347 g/mol. The van der Waals surface area contributed by atoms with Crippen molar-refractivity contribution in [3.63, 3.8) is 0 Å². The Labute approximate surface area is 152 Å². The fraction of sp³-hybridized carbons (Fsp3) is 0.250. The van der Waals surface area contributed by atoms with Crippen LogP contribution in [0.3, 0.4) is 0 Å². The normalized spacial score (nSPS) is 15.8. The maximum Gasteiger partial charge on any atom is 0.248 e. The minimum absolute atomic E-state index is 0.0754. The van der Waals surface area contributed by atoms with Crippen LogP contribution < -0.4 is 10.1 Å². The highest BCUT2D eigenvalue weighted by atomic mass is 16.5. The van der Waals surface area contributed by atoms with Crippen LogP contribution in [0.2, 0.25) is 0 Å². The van der Waals surface area contributed by atoms with Crippen molar-refractivity contribution in [1.82, 2.24) is 20.2 Å². The van der Waals surface area contributed by atoms with E-state index in [2.05, 4.69) is 71.1 Å². The molecule has 0 radical (unpaired) electrons. The van der Waals surface area contributed by atoms with Gasteiger partial charge in [-0.15, -0.1) is 0 Å². The molecule has 0 aliphatic carbocycles. The van der Waals surface area contributed by atoms with Gasteiger partial charge in [0, 0.05) is 5.70 Å². The van der Waals surface area contributed by atoms with Crippen LogP contribution in [0.25, 0.3) is 5.70 Å². The van der Waals surface area contributed by atoms with Gasteiger partial charge in [0.1, 0.15) is 11.8 Å². The maximum absolute atomic E-state index is 5.54. The summed E-state index contributed by atoms with van der Waals surface area (Å²) < 4.78 is 7.33. The summed E-state index contributed by atoms with van der Waals surface area (Å²) >= 11 is 0. The molecule has 0 unspecified atom stereocenters. The number of aryl methyl sites for hydroxylation is 2. The number of anilines is 1. The number of nitrogens with one attached hydrogen (secondary N) is 1. The van der Waals surface area contributed by atoms with E-state index in [4.69, 9.17) is 4.74 Å². The zero-order valence-corrected chi connectivity index (χ0v) is 15.1. The van der Waals surface area contributed by atoms with Crippen LogP contribution in [0.5, 0.6) is 5.75 Å². The molecule has 6 nitrogen and oxygen atoms in total. The number of rotatable bonds is 4. The molecule has 0 fully saturated rings. The average Bonchev–Trinajstić information content (AvgIpc) is 3.13. The fourth-order valence-corrected chi connectivity index (χ4v) is 3.10. The van der Waals surface area contributed by atoms with E-state index in [1.807, 2.05) is 19.1 Å². The largest absolute Gasteiger partial charge is 0.494 e. The molecule has 0 spiro atoms. The van der Waals surface area contributed by atoms with Gasteiger partial charge in [0.25, 0.3) is 0 Å². The quantitative estimate of drug-likeness (QED) is 0.779. The topological polar surface area (TPSA) is 64.9 Å². The van der Waals surface area contributed by atoms with Crippen molar-refractivity contribution in [2.24, 2.45) is 0 Å². The van der Waals surface area contributed by atoms with Gasteiger partial charge in [0.05, 0.1) is 6.61 Å². The second kappa shape index (κ2) is 6.63. The molecule has 1 N–H and O–H groups in total. The molecule has 0 amide bonds. The molecule has 0 saturated heterocycles. The van der Waals surface area contributed by atoms with Crippen molar-refractivity contribution < 1.29 is 4.74 Å². The number of hydrogen-bond acceptors (Lipinski definition) is 5. The standard InChI is InChI=1S/C20H21N5O/c1-4-26-17-9-7-15(8-10-17)19-12-18(21-20-22-23-24-25(19)20)16-6-5-13(2)14(3)11-16/h5-12,19H,4H2,1-3H3,(H,21,22,24)/t19-/m0/s1. The predicted octanol–water partition coefficient (Wildman–Crippen LogP) is 3.74. The molecule has 3 aromatic rings. The predicted molar refractivity (Wildman–Crippen MR) is 101 cm³/mol. The van der Waals surface area contributed by atoms with E-state index < -0.39 is 0 Å². The molecule has 0 saturated carbocycles. The molecule has 26 heavy (non-hydrogen) atoms. The van der Waals surface area contributed by atoms with Gasteiger partial charge in [-0.1, -0.05) is 29.4 Å². The number of ether oxygens (including phenoxy) is 1. The number of allylic oxidation sites excluding steroid dienone is 1. The Kier molecular flexibility index (Phi) is 4.16. The molecule has 1 aliphatic rings. The van der Waals surface area contributed by atoms with Gasteiger partial charge in [-0.25, -0.2) is 0 Å². The molecule has 0 bridgehead atoms. The van der Waals surface area contributed by atoms with E-state index in [1.54, 1.807) is 4.68 Å². The highest BCUT2D eigenvalue weighted by Crippen LogP contribution is 2.32. The lowest BCUT2D eigenvalue weighted by molar-refractivity contribution is 0.340. The van der Waals surface area contributed by atoms with Crippen molar-refractivity contribution in [3.8, 4) is 5.75 Å². The van der Waals surface area contributed by atoms with Gasteiger partial charge >= 0.3 is 0 Å². The van der Waals surface area contributed by atoms with Crippen molar-refractivity contribution in [3.05, 3.63) is 70.8 Å². The molecule has 1 atom stereocenters. The molecule has 6 heteroatoms. The van der Waals surface area contributed by atoms with Crippen LogP contribution in [0.4, 0.5) is 5.95 Å². The van der Waals surface area contributed by atoms with E-state index in [1.165, 1.54) is 11.1 Å². The monoisotopic (exact) mass is 347 g/mol. The highest BCUT2D eigenvalue weighted by Gasteiger charge is 2.24. The van der Waals surface area contributed by atoms with Gasteiger partial charge in [0.15, 0.2) is 0 Å². The second-order valence-corrected chi connectivity index (χ2v) is 6.40. The Hall–Kier alpha value is -3.15. The van der Waals surface area contributed by atoms with Crippen molar-refractivity contribution >= 4 is 11.6 Å². The van der Waals surface area contributed by atoms with Crippen LogP contribution >= 0.6 is 0 Å². The van der Waals surface area contributed by atoms with Crippen molar-refractivity contribution in [2.75, 3.05) is 11.9 Å². The SMILES string of the molecule is CCOc1ccc([C@@H]2C=C(c3ccc(C)c(C)c3)Nc3nnnn32)cc1. The number of nitrogens with zero attached hydrogens (tertiary/aromatic N) is 4. The molecular formula is C20H21N5O. The van der Waals surface area contributed by atoms with Gasteiger partial charge < -0.3 is 10.1 Å². The number of fused-ring (bicyclic) bond motifs is 1. The minimum atomic E-state index is -0.0754. The van der Waals surface area contributed by atoms with Crippen LogP contribution in [-0.2, 0) is 0 Å². The summed E-state index contributed by atoms with van der Waals surface area (Å²) in [6.07, 6.45) is 2.16. The van der Waals surface area contributed by atoms with Crippen LogP contribution in [0.1, 0.15) is 35.2 Å². The van der Waals surface area contributed by atoms with E-state index in [9.17, 15) is 0 Å². The first-order valence-electron chi connectivity index (χ1n) is 8.73. The number of tetrazole rings is 1. The maximum atomic E-state index is 5.54. The molecule has 1 aromatic heterocycles. The first-order valence-corrected chi connectivity index (χ1v) is 8.73. The Bertz CT molecular complexity index is 959. The summed E-state index contributed by atoms with van der Waals surface area (Å²) in [4.78, 5) is 0. The third-order valence-corrected chi connectivity index (χ3v) is 4.68. The summed E-state index contributed by atoms with van der Waals surface area (Å²) in [6, 6.07) is 14.4. The Morgan fingerprint density at radius 2 is 1.88 bits per heavy atom. The summed E-state index contributed by atoms with van der Waals surface area (Å²) in [6.45, 7) is 6.87. The number of aromatic nitrogens is 4.